The van der Waals surface area contributed by atoms with E-state index in [0.717, 1.165) is 25.3 Å². The SMILES string of the molecule is CCNC1COCC1C(=O)C1CCCC(CC)C1. The van der Waals surface area contributed by atoms with Crippen molar-refractivity contribution in [1.29, 1.82) is 0 Å². The highest BCUT2D eigenvalue weighted by molar-refractivity contribution is 5.84. The predicted octanol–water partition coefficient (Wildman–Crippen LogP) is 2.40. The maximum atomic E-state index is 12.6. The van der Waals surface area contributed by atoms with Crippen molar-refractivity contribution in [2.45, 2.75) is 52.0 Å². The topological polar surface area (TPSA) is 38.3 Å². The highest BCUT2D eigenvalue weighted by Crippen LogP contribution is 2.34. The van der Waals surface area contributed by atoms with Crippen molar-refractivity contribution >= 4 is 5.78 Å². The number of likely N-dealkylation sites (N-methyl/N-ethyl adjacent to an activating group) is 1. The van der Waals surface area contributed by atoms with Crippen molar-refractivity contribution in [1.82, 2.24) is 5.32 Å². The van der Waals surface area contributed by atoms with Crippen LogP contribution >= 0.6 is 0 Å². The minimum Gasteiger partial charge on any atom is -0.379 e. The van der Waals surface area contributed by atoms with Crippen LogP contribution in [0.1, 0.15) is 46.0 Å². The fraction of sp³-hybridized carbons (Fsp3) is 0.933. The second-order valence-electron chi connectivity index (χ2n) is 5.85. The minimum atomic E-state index is 0.102. The van der Waals surface area contributed by atoms with E-state index in [4.69, 9.17) is 4.74 Å². The first-order valence-electron chi connectivity index (χ1n) is 7.61. The van der Waals surface area contributed by atoms with E-state index in [9.17, 15) is 4.79 Å². The second-order valence-corrected chi connectivity index (χ2v) is 5.85. The van der Waals surface area contributed by atoms with Gasteiger partial charge in [0, 0.05) is 12.0 Å². The summed E-state index contributed by atoms with van der Waals surface area (Å²) in [5, 5.41) is 3.39. The Balaban J connectivity index is 1.93. The first-order valence-corrected chi connectivity index (χ1v) is 7.61. The van der Waals surface area contributed by atoms with E-state index < -0.39 is 0 Å². The number of nitrogens with one attached hydrogen (secondary N) is 1. The molecule has 4 unspecified atom stereocenters. The second kappa shape index (κ2) is 6.67. The molecule has 1 heterocycles. The first kappa shape index (κ1) is 14.0. The van der Waals surface area contributed by atoms with Crippen LogP contribution in [0.2, 0.25) is 0 Å². The van der Waals surface area contributed by atoms with E-state index in [1.807, 2.05) is 0 Å². The molecule has 2 aliphatic rings. The summed E-state index contributed by atoms with van der Waals surface area (Å²) >= 11 is 0. The van der Waals surface area contributed by atoms with Crippen LogP contribution in [0.15, 0.2) is 0 Å². The number of ketones is 1. The van der Waals surface area contributed by atoms with E-state index in [-0.39, 0.29) is 12.0 Å². The Kier molecular flexibility index (Phi) is 5.19. The van der Waals surface area contributed by atoms with Gasteiger partial charge in [-0.25, -0.2) is 0 Å². The van der Waals surface area contributed by atoms with E-state index in [0.29, 0.717) is 24.9 Å². The van der Waals surface area contributed by atoms with Crippen LogP contribution < -0.4 is 5.32 Å². The third-order valence-corrected chi connectivity index (χ3v) is 4.67. The summed E-state index contributed by atoms with van der Waals surface area (Å²) in [4.78, 5) is 12.6. The Morgan fingerprint density at radius 2 is 2.11 bits per heavy atom. The molecule has 0 amide bonds. The molecule has 0 radical (unpaired) electrons. The van der Waals surface area contributed by atoms with Crippen molar-refractivity contribution in [3.8, 4) is 0 Å². The Hall–Kier alpha value is -0.410. The lowest BCUT2D eigenvalue weighted by Gasteiger charge is -2.30. The molecular weight excluding hydrogens is 226 g/mol. The van der Waals surface area contributed by atoms with Crippen molar-refractivity contribution in [2.75, 3.05) is 19.8 Å². The summed E-state index contributed by atoms with van der Waals surface area (Å²) in [6.07, 6.45) is 5.99. The van der Waals surface area contributed by atoms with Crippen molar-refractivity contribution < 1.29 is 9.53 Å². The quantitative estimate of drug-likeness (QED) is 0.817. The number of hydrogen-bond donors (Lipinski definition) is 1. The number of Topliss-reactive ketones (excluding diaryl/α,β-unsaturated/α-hetero) is 1. The summed E-state index contributed by atoms with van der Waals surface area (Å²) in [6.45, 7) is 6.59. The van der Waals surface area contributed by atoms with Gasteiger partial charge in [-0.2, -0.15) is 0 Å². The number of ether oxygens (including phenoxy) is 1. The van der Waals surface area contributed by atoms with Gasteiger partial charge in [-0.3, -0.25) is 4.79 Å². The molecule has 1 aliphatic heterocycles. The molecule has 1 saturated heterocycles. The lowest BCUT2D eigenvalue weighted by Crippen LogP contribution is -2.42. The molecule has 3 heteroatoms. The fourth-order valence-electron chi connectivity index (χ4n) is 3.52. The van der Waals surface area contributed by atoms with Gasteiger partial charge in [-0.1, -0.05) is 33.1 Å². The molecule has 104 valence electrons. The van der Waals surface area contributed by atoms with Crippen molar-refractivity contribution in [2.24, 2.45) is 17.8 Å². The molecule has 2 rings (SSSR count). The molecule has 1 saturated carbocycles. The smallest absolute Gasteiger partial charge is 0.143 e. The van der Waals surface area contributed by atoms with Crippen LogP contribution in [0.3, 0.4) is 0 Å². The van der Waals surface area contributed by atoms with Gasteiger partial charge in [0.05, 0.1) is 19.1 Å². The Labute approximate surface area is 111 Å². The largest absolute Gasteiger partial charge is 0.379 e. The molecule has 1 N–H and O–H groups in total. The van der Waals surface area contributed by atoms with E-state index >= 15 is 0 Å². The van der Waals surface area contributed by atoms with E-state index in [2.05, 4.69) is 19.2 Å². The molecule has 4 atom stereocenters. The Bertz CT molecular complexity index is 280. The molecule has 0 aromatic heterocycles. The lowest BCUT2D eigenvalue weighted by molar-refractivity contribution is -0.128. The maximum absolute atomic E-state index is 12.6. The van der Waals surface area contributed by atoms with Crippen LogP contribution in [0.4, 0.5) is 0 Å². The molecule has 18 heavy (non-hydrogen) atoms. The minimum absolute atomic E-state index is 0.102. The van der Waals surface area contributed by atoms with Crippen LogP contribution in [0.25, 0.3) is 0 Å². The third kappa shape index (κ3) is 3.12. The van der Waals surface area contributed by atoms with Crippen molar-refractivity contribution in [3.63, 3.8) is 0 Å². The Morgan fingerprint density at radius 1 is 1.28 bits per heavy atom. The highest BCUT2D eigenvalue weighted by atomic mass is 16.5. The van der Waals surface area contributed by atoms with Crippen LogP contribution in [-0.4, -0.2) is 31.6 Å². The van der Waals surface area contributed by atoms with Crippen LogP contribution in [-0.2, 0) is 9.53 Å². The molecule has 0 spiro atoms. The standard InChI is InChI=1S/C15H27NO2/c1-3-11-6-5-7-12(8-11)15(17)13-9-18-10-14(13)16-4-2/h11-14,16H,3-10H2,1-2H3. The predicted molar refractivity (Wildman–Crippen MR) is 72.5 cm³/mol. The van der Waals surface area contributed by atoms with Gasteiger partial charge in [-0.15, -0.1) is 0 Å². The van der Waals surface area contributed by atoms with Gasteiger partial charge < -0.3 is 10.1 Å². The van der Waals surface area contributed by atoms with Crippen LogP contribution in [0, 0.1) is 17.8 Å². The average molecular weight is 253 g/mol. The summed E-state index contributed by atoms with van der Waals surface area (Å²) < 4.78 is 5.50. The first-order chi connectivity index (χ1) is 8.76. The van der Waals surface area contributed by atoms with Gasteiger partial charge in [-0.05, 0) is 25.3 Å². The van der Waals surface area contributed by atoms with E-state index in [1.165, 1.54) is 19.3 Å². The van der Waals surface area contributed by atoms with Crippen LogP contribution in [0.5, 0.6) is 0 Å². The molecule has 2 fully saturated rings. The summed E-state index contributed by atoms with van der Waals surface area (Å²) in [6, 6.07) is 0.254. The molecule has 1 aliphatic carbocycles. The van der Waals surface area contributed by atoms with Crippen molar-refractivity contribution in [3.05, 3.63) is 0 Å². The van der Waals surface area contributed by atoms with Gasteiger partial charge >= 0.3 is 0 Å². The molecule has 0 aromatic carbocycles. The lowest BCUT2D eigenvalue weighted by atomic mass is 9.75. The molecule has 0 aromatic rings. The monoisotopic (exact) mass is 253 g/mol. The number of carbonyl (C=O) groups excluding carboxylic acids is 1. The van der Waals surface area contributed by atoms with Gasteiger partial charge in [0.2, 0.25) is 0 Å². The third-order valence-electron chi connectivity index (χ3n) is 4.67. The number of rotatable bonds is 5. The fourth-order valence-corrected chi connectivity index (χ4v) is 3.52. The van der Waals surface area contributed by atoms with Gasteiger partial charge in [0.25, 0.3) is 0 Å². The number of hydrogen-bond acceptors (Lipinski definition) is 3. The maximum Gasteiger partial charge on any atom is 0.143 e. The Morgan fingerprint density at radius 3 is 2.83 bits per heavy atom. The highest BCUT2D eigenvalue weighted by Gasteiger charge is 2.38. The molecular formula is C15H27NO2. The van der Waals surface area contributed by atoms with Gasteiger partial charge in [0.1, 0.15) is 5.78 Å². The summed E-state index contributed by atoms with van der Waals surface area (Å²) in [7, 11) is 0. The zero-order valence-corrected chi connectivity index (χ0v) is 11.8. The van der Waals surface area contributed by atoms with Gasteiger partial charge in [0.15, 0.2) is 0 Å². The average Bonchev–Trinajstić information content (AvgIpc) is 2.86. The summed E-state index contributed by atoms with van der Waals surface area (Å²) in [5.41, 5.74) is 0. The molecule has 0 bridgehead atoms. The summed E-state index contributed by atoms with van der Waals surface area (Å²) in [5.74, 6) is 1.64. The zero-order chi connectivity index (χ0) is 13.0. The number of carbonyl (C=O) groups is 1. The normalized spacial score (nSPS) is 36.8. The van der Waals surface area contributed by atoms with E-state index in [1.54, 1.807) is 0 Å². The zero-order valence-electron chi connectivity index (χ0n) is 11.8. The molecule has 3 nitrogen and oxygen atoms in total.